The average molecular weight is 1110 g/mol. The average Bonchev–Trinajstić information content (AvgIpc) is 3.47. The van der Waals surface area contributed by atoms with Crippen molar-refractivity contribution in [2.24, 2.45) is 0 Å². The Morgan fingerprint density at radius 1 is 0.506 bits per heavy atom. The fraction of sp³-hybridized carbons (Fsp3) is 0.735. The molecule has 1 amide bonds. The molecule has 454 valence electrons. The Morgan fingerprint density at radius 3 is 1.42 bits per heavy atom. The second kappa shape index (κ2) is 55.1. The van der Waals surface area contributed by atoms with Crippen molar-refractivity contribution < 1.29 is 49.3 Å². The zero-order chi connectivity index (χ0) is 57.5. The molecule has 0 saturated carbocycles. The zero-order valence-electron chi connectivity index (χ0n) is 50.2. The van der Waals surface area contributed by atoms with Crippen LogP contribution in [0.15, 0.2) is 97.2 Å². The molecule has 79 heavy (non-hydrogen) atoms. The van der Waals surface area contributed by atoms with E-state index < -0.39 is 67.4 Å². The summed E-state index contributed by atoms with van der Waals surface area (Å²) >= 11 is 0. The van der Waals surface area contributed by atoms with Crippen molar-refractivity contribution in [1.29, 1.82) is 0 Å². The molecule has 0 radical (unpaired) electrons. The number of hydrogen-bond acceptors (Lipinski definition) is 10. The number of hydrogen-bond donors (Lipinski definition) is 6. The van der Waals surface area contributed by atoms with Crippen molar-refractivity contribution >= 4 is 11.9 Å². The molecule has 0 aromatic rings. The van der Waals surface area contributed by atoms with E-state index in [1.54, 1.807) is 6.08 Å². The standard InChI is InChI=1S/C68H117NO10/c1-4-7-10-13-16-19-22-24-25-26-27-28-29-30-31-32-33-34-35-36-37-39-41-44-47-50-53-56-63(73)79-66-65(75)64(74)62(57-70)78-68(66)77-58-59(60(71)54-51-48-45-43-40-38-23-20-17-14-11-8-5-2)69-67(76)61(72)55-52-49-46-42-21-18-15-12-9-6-3/h7,10,15-16,18-19,24-25,27-28,30-31,33-34,51,54,59-62,64-66,68,70-72,74-75H,4-6,8-9,11-14,17,20-23,26,29,32,35-50,52-53,55-58H2,1-3H3,(H,69,76)/b10-7-,18-15-,19-16-,25-24-,28-27-,31-30-,34-33-,54-51+. The number of nitrogens with one attached hydrogen (secondary N) is 1. The van der Waals surface area contributed by atoms with E-state index in [-0.39, 0.29) is 19.4 Å². The van der Waals surface area contributed by atoms with E-state index in [1.807, 2.05) is 6.08 Å². The number of amides is 1. The summed E-state index contributed by atoms with van der Waals surface area (Å²) in [5, 5.41) is 56.9. The molecule has 1 aliphatic rings. The maximum absolute atomic E-state index is 13.4. The van der Waals surface area contributed by atoms with E-state index in [0.29, 0.717) is 12.8 Å². The molecular formula is C68H117NO10. The Morgan fingerprint density at radius 2 is 0.924 bits per heavy atom. The number of aliphatic hydroxyl groups is 5. The topological polar surface area (TPSA) is 175 Å². The number of ether oxygens (including phenoxy) is 3. The van der Waals surface area contributed by atoms with Crippen LogP contribution in [0.3, 0.4) is 0 Å². The highest BCUT2D eigenvalue weighted by molar-refractivity contribution is 5.80. The van der Waals surface area contributed by atoms with E-state index in [9.17, 15) is 35.1 Å². The van der Waals surface area contributed by atoms with Gasteiger partial charge in [-0.3, -0.25) is 9.59 Å². The predicted molar refractivity (Wildman–Crippen MR) is 329 cm³/mol. The van der Waals surface area contributed by atoms with E-state index in [2.05, 4.69) is 111 Å². The Bertz CT molecular complexity index is 1650. The van der Waals surface area contributed by atoms with Crippen LogP contribution in [-0.4, -0.2) is 99.6 Å². The molecule has 11 nitrogen and oxygen atoms in total. The van der Waals surface area contributed by atoms with Crippen LogP contribution in [0.1, 0.15) is 258 Å². The summed E-state index contributed by atoms with van der Waals surface area (Å²) in [6.07, 6.45) is 63.1. The van der Waals surface area contributed by atoms with Crippen LogP contribution >= 0.6 is 0 Å². The molecule has 6 N–H and O–H groups in total. The van der Waals surface area contributed by atoms with Gasteiger partial charge in [-0.1, -0.05) is 253 Å². The molecule has 0 aromatic heterocycles. The van der Waals surface area contributed by atoms with Gasteiger partial charge in [0, 0.05) is 6.42 Å². The number of aliphatic hydroxyl groups excluding tert-OH is 5. The van der Waals surface area contributed by atoms with Gasteiger partial charge in [0.05, 0.1) is 25.4 Å². The van der Waals surface area contributed by atoms with Crippen LogP contribution in [0.4, 0.5) is 0 Å². The number of carbonyl (C=O) groups excluding carboxylic acids is 2. The first kappa shape index (κ1) is 73.6. The molecule has 1 fully saturated rings. The van der Waals surface area contributed by atoms with Crippen LogP contribution in [0.5, 0.6) is 0 Å². The quantitative estimate of drug-likeness (QED) is 0.0195. The third kappa shape index (κ3) is 43.0. The summed E-state index contributed by atoms with van der Waals surface area (Å²) < 4.78 is 17.6. The summed E-state index contributed by atoms with van der Waals surface area (Å²) in [5.74, 6) is -1.22. The molecule has 0 aliphatic carbocycles. The van der Waals surface area contributed by atoms with Crippen molar-refractivity contribution in [1.82, 2.24) is 5.32 Å². The minimum Gasteiger partial charge on any atom is -0.454 e. The highest BCUT2D eigenvalue weighted by Gasteiger charge is 2.47. The first-order chi connectivity index (χ1) is 38.7. The molecular weight excluding hydrogens is 991 g/mol. The highest BCUT2D eigenvalue weighted by atomic mass is 16.7. The predicted octanol–water partition coefficient (Wildman–Crippen LogP) is 15.5. The van der Waals surface area contributed by atoms with E-state index in [1.165, 1.54) is 89.9 Å². The first-order valence-corrected chi connectivity index (χ1v) is 32.0. The second-order valence-electron chi connectivity index (χ2n) is 21.8. The van der Waals surface area contributed by atoms with Gasteiger partial charge in [0.15, 0.2) is 12.4 Å². The molecule has 8 atom stereocenters. The van der Waals surface area contributed by atoms with Crippen LogP contribution < -0.4 is 5.32 Å². The van der Waals surface area contributed by atoms with Crippen LogP contribution in [0.2, 0.25) is 0 Å². The molecule has 1 saturated heterocycles. The SMILES string of the molecule is CC/C=C\C/C=C\C/C=C\C/C=C\C/C=C\C/C=C\CCCCCCCCCCC(=O)OC1C(OCC(NC(=O)C(O)CCCCCC/C=C\CCCC)C(O)/C=C/CCCCCCCCCCCCC)OC(CO)C(O)C1O. The van der Waals surface area contributed by atoms with Crippen molar-refractivity contribution in [2.75, 3.05) is 13.2 Å². The first-order valence-electron chi connectivity index (χ1n) is 32.0. The zero-order valence-corrected chi connectivity index (χ0v) is 50.2. The summed E-state index contributed by atoms with van der Waals surface area (Å²) in [4.78, 5) is 26.5. The molecule has 1 heterocycles. The molecule has 11 heteroatoms. The van der Waals surface area contributed by atoms with Crippen LogP contribution in [0.25, 0.3) is 0 Å². The van der Waals surface area contributed by atoms with Gasteiger partial charge >= 0.3 is 5.97 Å². The highest BCUT2D eigenvalue weighted by Crippen LogP contribution is 2.26. The lowest BCUT2D eigenvalue weighted by Gasteiger charge is -2.41. The molecule has 0 bridgehead atoms. The Balaban J connectivity index is 2.58. The minimum atomic E-state index is -1.62. The van der Waals surface area contributed by atoms with Crippen LogP contribution in [-0.2, 0) is 23.8 Å². The van der Waals surface area contributed by atoms with E-state index in [4.69, 9.17) is 14.2 Å². The lowest BCUT2D eigenvalue weighted by atomic mass is 9.99. The molecule has 0 spiro atoms. The van der Waals surface area contributed by atoms with Crippen molar-refractivity contribution in [3.8, 4) is 0 Å². The van der Waals surface area contributed by atoms with Crippen LogP contribution in [0, 0.1) is 0 Å². The van der Waals surface area contributed by atoms with Crippen molar-refractivity contribution in [3.05, 3.63) is 97.2 Å². The van der Waals surface area contributed by atoms with Crippen molar-refractivity contribution in [2.45, 2.75) is 307 Å². The van der Waals surface area contributed by atoms with Gasteiger partial charge in [-0.25, -0.2) is 0 Å². The number of carbonyl (C=O) groups is 2. The van der Waals surface area contributed by atoms with Gasteiger partial charge in [-0.15, -0.1) is 0 Å². The number of unbranched alkanes of at least 4 members (excludes halogenated alkanes) is 25. The van der Waals surface area contributed by atoms with E-state index in [0.717, 1.165) is 122 Å². The Labute approximate surface area is 482 Å². The van der Waals surface area contributed by atoms with Gasteiger partial charge in [0.2, 0.25) is 5.91 Å². The smallest absolute Gasteiger partial charge is 0.306 e. The molecule has 1 aliphatic heterocycles. The monoisotopic (exact) mass is 1110 g/mol. The lowest BCUT2D eigenvalue weighted by Crippen LogP contribution is -2.61. The maximum Gasteiger partial charge on any atom is 0.306 e. The van der Waals surface area contributed by atoms with E-state index >= 15 is 0 Å². The molecule has 1 rings (SSSR count). The normalized spacial score (nSPS) is 19.5. The summed E-state index contributed by atoms with van der Waals surface area (Å²) in [5.41, 5.74) is 0. The Hall–Kier alpha value is -3.42. The number of esters is 1. The summed E-state index contributed by atoms with van der Waals surface area (Å²) in [6.45, 7) is 5.61. The molecule has 8 unspecified atom stereocenters. The fourth-order valence-corrected chi connectivity index (χ4v) is 9.40. The number of allylic oxidation sites excluding steroid dienone is 15. The number of rotatable bonds is 53. The van der Waals surface area contributed by atoms with Gasteiger partial charge in [-0.05, 0) is 96.3 Å². The van der Waals surface area contributed by atoms with Gasteiger partial charge in [0.1, 0.15) is 24.4 Å². The van der Waals surface area contributed by atoms with Gasteiger partial charge in [-0.2, -0.15) is 0 Å². The summed E-state index contributed by atoms with van der Waals surface area (Å²) in [7, 11) is 0. The molecule has 0 aromatic carbocycles. The third-order valence-electron chi connectivity index (χ3n) is 14.5. The maximum atomic E-state index is 13.4. The van der Waals surface area contributed by atoms with Gasteiger partial charge < -0.3 is 45.1 Å². The fourth-order valence-electron chi connectivity index (χ4n) is 9.40. The largest absolute Gasteiger partial charge is 0.454 e. The lowest BCUT2D eigenvalue weighted by molar-refractivity contribution is -0.305. The summed E-state index contributed by atoms with van der Waals surface area (Å²) in [6, 6.07) is -1.03. The second-order valence-corrected chi connectivity index (χ2v) is 21.8. The minimum absolute atomic E-state index is 0.108. The van der Waals surface area contributed by atoms with Crippen molar-refractivity contribution in [3.63, 3.8) is 0 Å². The Kier molecular flexibility index (Phi) is 51.4. The van der Waals surface area contributed by atoms with Gasteiger partial charge in [0.25, 0.3) is 0 Å². The third-order valence-corrected chi connectivity index (χ3v) is 14.5.